The van der Waals surface area contributed by atoms with E-state index in [0.717, 1.165) is 21.5 Å². The average molecular weight is 318 g/mol. The maximum atomic E-state index is 11.9. The Hall–Kier alpha value is -1.99. The van der Waals surface area contributed by atoms with E-state index in [9.17, 15) is 4.79 Å². The van der Waals surface area contributed by atoms with E-state index in [1.807, 2.05) is 29.1 Å². The molecule has 0 aliphatic carbocycles. The fraction of sp³-hybridized carbons (Fsp3) is 0.214. The molecule has 21 heavy (non-hydrogen) atoms. The highest BCUT2D eigenvalue weighted by atomic mass is 32.1. The van der Waals surface area contributed by atoms with Crippen molar-refractivity contribution >= 4 is 43.9 Å². The summed E-state index contributed by atoms with van der Waals surface area (Å²) < 4.78 is 1.13. The van der Waals surface area contributed by atoms with Gasteiger partial charge in [0.15, 0.2) is 5.13 Å². The first-order valence-corrected chi connectivity index (χ1v) is 8.26. The van der Waals surface area contributed by atoms with Crippen LogP contribution >= 0.6 is 22.7 Å². The topological polar surface area (TPSA) is 80.9 Å². The number of carbonyl (C=O) groups excluding carboxylic acids is 1. The van der Waals surface area contributed by atoms with Crippen LogP contribution in [0.2, 0.25) is 0 Å². The second-order valence-corrected chi connectivity index (χ2v) is 6.32. The lowest BCUT2D eigenvalue weighted by atomic mass is 10.2. The van der Waals surface area contributed by atoms with Crippen molar-refractivity contribution in [1.29, 1.82) is 0 Å². The number of carbonyl (C=O) groups is 1. The highest BCUT2D eigenvalue weighted by molar-refractivity contribution is 7.17. The van der Waals surface area contributed by atoms with E-state index in [1.54, 1.807) is 11.3 Å². The Balaban J connectivity index is 1.55. The number of nitrogen functional groups attached to an aromatic ring is 1. The minimum Gasteiger partial charge on any atom is -0.375 e. The lowest BCUT2D eigenvalue weighted by molar-refractivity contribution is -0.121. The standard InChI is InChI=1S/C14H14N4OS2/c15-14-18-10(7-20-14)4-5-12(19)16-6-9-2-1-3-11-13(9)21-8-17-11/h1-3,7-8H,4-6H2,(H2,15,18)(H,16,19). The van der Waals surface area contributed by atoms with Crippen LogP contribution in [0.25, 0.3) is 10.2 Å². The lowest BCUT2D eigenvalue weighted by Gasteiger charge is -2.05. The first kappa shape index (κ1) is 14.0. The van der Waals surface area contributed by atoms with E-state index in [2.05, 4.69) is 15.3 Å². The van der Waals surface area contributed by atoms with Gasteiger partial charge in [-0.15, -0.1) is 22.7 Å². The maximum Gasteiger partial charge on any atom is 0.220 e. The molecule has 108 valence electrons. The third-order valence-corrected chi connectivity index (χ3v) is 4.73. The summed E-state index contributed by atoms with van der Waals surface area (Å²) in [6.07, 6.45) is 1.03. The van der Waals surface area contributed by atoms with Gasteiger partial charge in [-0.2, -0.15) is 0 Å². The molecule has 3 aromatic rings. The Morgan fingerprint density at radius 2 is 2.24 bits per heavy atom. The van der Waals surface area contributed by atoms with Crippen LogP contribution < -0.4 is 11.1 Å². The molecule has 0 bridgehead atoms. The van der Waals surface area contributed by atoms with Gasteiger partial charge in [-0.1, -0.05) is 12.1 Å². The van der Waals surface area contributed by atoms with Crippen LogP contribution in [0.1, 0.15) is 17.7 Å². The SMILES string of the molecule is Nc1nc(CCC(=O)NCc2cccc3ncsc23)cs1. The predicted molar refractivity (Wildman–Crippen MR) is 86.3 cm³/mol. The number of amides is 1. The largest absolute Gasteiger partial charge is 0.375 e. The molecule has 2 heterocycles. The van der Waals surface area contributed by atoms with Gasteiger partial charge in [0.05, 0.1) is 21.4 Å². The molecule has 0 saturated carbocycles. The van der Waals surface area contributed by atoms with Crippen molar-refractivity contribution in [2.24, 2.45) is 0 Å². The quantitative estimate of drug-likeness (QED) is 0.757. The molecule has 0 aliphatic heterocycles. The van der Waals surface area contributed by atoms with Gasteiger partial charge in [0.2, 0.25) is 5.91 Å². The summed E-state index contributed by atoms with van der Waals surface area (Å²) in [6, 6.07) is 5.95. The molecule has 1 amide bonds. The zero-order valence-corrected chi connectivity index (χ0v) is 12.8. The summed E-state index contributed by atoms with van der Waals surface area (Å²) in [5, 5.41) is 5.38. The summed E-state index contributed by atoms with van der Waals surface area (Å²) in [6.45, 7) is 0.525. The number of fused-ring (bicyclic) bond motifs is 1. The average Bonchev–Trinajstić information content (AvgIpc) is 3.11. The first-order chi connectivity index (χ1) is 10.2. The summed E-state index contributed by atoms with van der Waals surface area (Å²) in [5.74, 6) is 0.0167. The molecule has 0 unspecified atom stereocenters. The molecule has 0 radical (unpaired) electrons. The van der Waals surface area contributed by atoms with E-state index in [4.69, 9.17) is 5.73 Å². The predicted octanol–water partition coefficient (Wildman–Crippen LogP) is 2.58. The molecule has 0 aliphatic rings. The number of nitrogens with two attached hydrogens (primary N) is 1. The molecule has 7 heteroatoms. The summed E-state index contributed by atoms with van der Waals surface area (Å²) in [7, 11) is 0. The van der Waals surface area contributed by atoms with Crippen molar-refractivity contribution in [2.45, 2.75) is 19.4 Å². The maximum absolute atomic E-state index is 11.9. The normalized spacial score (nSPS) is 10.9. The minimum atomic E-state index is 0.0167. The molecule has 0 atom stereocenters. The highest BCUT2D eigenvalue weighted by Gasteiger charge is 2.07. The van der Waals surface area contributed by atoms with Crippen LogP contribution in [0.15, 0.2) is 29.1 Å². The van der Waals surface area contributed by atoms with Gasteiger partial charge in [-0.3, -0.25) is 4.79 Å². The van der Waals surface area contributed by atoms with Gasteiger partial charge < -0.3 is 11.1 Å². The lowest BCUT2D eigenvalue weighted by Crippen LogP contribution is -2.23. The van der Waals surface area contributed by atoms with Crippen LogP contribution in [0, 0.1) is 0 Å². The van der Waals surface area contributed by atoms with Crippen molar-refractivity contribution in [1.82, 2.24) is 15.3 Å². The fourth-order valence-corrected chi connectivity index (χ4v) is 3.45. The van der Waals surface area contributed by atoms with Crippen LogP contribution in [0.5, 0.6) is 0 Å². The van der Waals surface area contributed by atoms with Gasteiger partial charge in [0.1, 0.15) is 0 Å². The Morgan fingerprint density at radius 1 is 1.33 bits per heavy atom. The van der Waals surface area contributed by atoms with Crippen molar-refractivity contribution in [3.05, 3.63) is 40.3 Å². The minimum absolute atomic E-state index is 0.0167. The number of nitrogens with zero attached hydrogens (tertiary/aromatic N) is 2. The highest BCUT2D eigenvalue weighted by Crippen LogP contribution is 2.22. The number of hydrogen-bond acceptors (Lipinski definition) is 6. The molecular formula is C14H14N4OS2. The van der Waals surface area contributed by atoms with Gasteiger partial charge >= 0.3 is 0 Å². The second kappa shape index (κ2) is 6.19. The summed E-state index contributed by atoms with van der Waals surface area (Å²) >= 11 is 2.99. The van der Waals surface area contributed by atoms with E-state index >= 15 is 0 Å². The molecule has 1 aromatic carbocycles. The van der Waals surface area contributed by atoms with Crippen LogP contribution in [-0.4, -0.2) is 15.9 Å². The third kappa shape index (κ3) is 3.37. The number of aromatic nitrogens is 2. The molecule has 0 spiro atoms. The van der Waals surface area contributed by atoms with Gasteiger partial charge in [-0.05, 0) is 18.1 Å². The monoisotopic (exact) mass is 318 g/mol. The van der Waals surface area contributed by atoms with Gasteiger partial charge in [-0.25, -0.2) is 9.97 Å². The number of benzene rings is 1. The summed E-state index contributed by atoms with van der Waals surface area (Å²) in [4.78, 5) is 20.3. The van der Waals surface area contributed by atoms with E-state index in [-0.39, 0.29) is 5.91 Å². The molecular weight excluding hydrogens is 304 g/mol. The van der Waals surface area contributed by atoms with Crippen molar-refractivity contribution in [2.75, 3.05) is 5.73 Å². The molecule has 2 aromatic heterocycles. The Kier molecular flexibility index (Phi) is 4.12. The molecule has 3 N–H and O–H groups in total. The smallest absolute Gasteiger partial charge is 0.220 e. The Morgan fingerprint density at radius 3 is 3.05 bits per heavy atom. The van der Waals surface area contributed by atoms with E-state index in [0.29, 0.717) is 24.5 Å². The third-order valence-electron chi connectivity index (χ3n) is 3.09. The molecule has 0 saturated heterocycles. The molecule has 5 nitrogen and oxygen atoms in total. The number of thiazole rings is 2. The van der Waals surface area contributed by atoms with Crippen LogP contribution in [-0.2, 0) is 17.8 Å². The second-order valence-electron chi connectivity index (χ2n) is 4.57. The fourth-order valence-electron chi connectivity index (χ4n) is 2.05. The number of anilines is 1. The van der Waals surface area contributed by atoms with Crippen molar-refractivity contribution in [3.63, 3.8) is 0 Å². The number of rotatable bonds is 5. The van der Waals surface area contributed by atoms with E-state index in [1.165, 1.54) is 11.3 Å². The molecule has 0 fully saturated rings. The van der Waals surface area contributed by atoms with Crippen LogP contribution in [0.3, 0.4) is 0 Å². The Bertz CT molecular complexity index is 765. The van der Waals surface area contributed by atoms with Crippen LogP contribution in [0.4, 0.5) is 5.13 Å². The van der Waals surface area contributed by atoms with Crippen molar-refractivity contribution < 1.29 is 4.79 Å². The molecule has 3 rings (SSSR count). The van der Waals surface area contributed by atoms with E-state index < -0.39 is 0 Å². The van der Waals surface area contributed by atoms with Gasteiger partial charge in [0.25, 0.3) is 0 Å². The zero-order valence-electron chi connectivity index (χ0n) is 11.2. The number of aryl methyl sites for hydroxylation is 1. The summed E-state index contributed by atoms with van der Waals surface area (Å²) in [5.41, 5.74) is 10.3. The zero-order chi connectivity index (χ0) is 14.7. The van der Waals surface area contributed by atoms with Crippen molar-refractivity contribution in [3.8, 4) is 0 Å². The number of nitrogens with one attached hydrogen (secondary N) is 1. The van der Waals surface area contributed by atoms with Gasteiger partial charge in [0, 0.05) is 18.3 Å². The number of hydrogen-bond donors (Lipinski definition) is 2. The Labute approximate surface area is 129 Å². The first-order valence-electron chi connectivity index (χ1n) is 6.50.